The maximum atomic E-state index is 15.2. The van der Waals surface area contributed by atoms with E-state index < -0.39 is 42.4 Å². The van der Waals surface area contributed by atoms with Crippen molar-refractivity contribution in [2.24, 2.45) is 0 Å². The van der Waals surface area contributed by atoms with Crippen molar-refractivity contribution in [2.45, 2.75) is 23.3 Å². The van der Waals surface area contributed by atoms with Gasteiger partial charge in [0.1, 0.15) is 24.5 Å². The fourth-order valence-corrected chi connectivity index (χ4v) is 6.47. The van der Waals surface area contributed by atoms with Gasteiger partial charge >= 0.3 is 26.7 Å². The maximum absolute atomic E-state index is 15.2. The van der Waals surface area contributed by atoms with E-state index in [0.29, 0.717) is 10.9 Å². The number of benzene rings is 3. The average Bonchev–Trinajstić information content (AvgIpc) is 3.40. The monoisotopic (exact) mass is 676 g/mol. The number of halogens is 1. The normalized spacial score (nSPS) is 11.9. The molecule has 0 radical (unpaired) electrons. The van der Waals surface area contributed by atoms with E-state index in [0.717, 1.165) is 7.11 Å². The van der Waals surface area contributed by atoms with Crippen molar-refractivity contribution in [3.05, 3.63) is 105 Å². The fraction of sp³-hybridized carbons (Fsp3) is 0.179. The minimum atomic E-state index is -4.29. The predicted molar refractivity (Wildman–Crippen MR) is 157 cm³/mol. The molecule has 0 aliphatic heterocycles. The van der Waals surface area contributed by atoms with E-state index in [1.807, 2.05) is 4.72 Å². The third-order valence-corrected chi connectivity index (χ3v) is 9.19. The highest BCUT2D eigenvalue weighted by Crippen LogP contribution is 2.28. The van der Waals surface area contributed by atoms with E-state index in [-0.39, 0.29) is 57.6 Å². The van der Waals surface area contributed by atoms with Crippen LogP contribution in [0.2, 0.25) is 0 Å². The van der Waals surface area contributed by atoms with E-state index in [1.54, 1.807) is 30.0 Å². The summed E-state index contributed by atoms with van der Waals surface area (Å²) in [7, 11) is -7.39. The number of hydrogen-bond acceptors (Lipinski definition) is 12. The van der Waals surface area contributed by atoms with Gasteiger partial charge in [0.05, 0.1) is 22.8 Å². The molecule has 0 amide bonds. The van der Waals surface area contributed by atoms with Crippen LogP contribution in [0.5, 0.6) is 11.6 Å². The van der Waals surface area contributed by atoms with Gasteiger partial charge in [-0.15, -0.1) is 0 Å². The quantitative estimate of drug-likeness (QED) is 0.0800. The molecular formula is C28H25FN4O11S2. The number of anilines is 1. The molecule has 5 rings (SSSR count). The van der Waals surface area contributed by atoms with Gasteiger partial charge in [0.15, 0.2) is 5.82 Å². The van der Waals surface area contributed by atoms with Gasteiger partial charge in [0, 0.05) is 23.4 Å². The van der Waals surface area contributed by atoms with Gasteiger partial charge in [0.25, 0.3) is 9.84 Å². The largest absolute Gasteiger partial charge is 0.490 e. The Morgan fingerprint density at radius 3 is 2.48 bits per heavy atom. The molecule has 0 atom stereocenters. The Kier molecular flexibility index (Phi) is 9.24. The highest BCUT2D eigenvalue weighted by molar-refractivity contribution is 7.91. The number of nitrogens with zero attached hydrogens (tertiary/aromatic N) is 2. The summed E-state index contributed by atoms with van der Waals surface area (Å²) in [4.78, 5) is 18.6. The Morgan fingerprint density at radius 1 is 1.00 bits per heavy atom. The van der Waals surface area contributed by atoms with Gasteiger partial charge in [-0.3, -0.25) is 14.2 Å². The van der Waals surface area contributed by atoms with Crippen LogP contribution in [0.4, 0.5) is 10.1 Å². The lowest BCUT2D eigenvalue weighted by Crippen LogP contribution is -2.31. The number of fused-ring (bicyclic) bond motifs is 1. The highest BCUT2D eigenvalue weighted by Gasteiger charge is 2.35. The first kappa shape index (κ1) is 32.4. The van der Waals surface area contributed by atoms with E-state index in [2.05, 4.69) is 14.6 Å². The van der Waals surface area contributed by atoms with Crippen LogP contribution in [-0.2, 0) is 31.3 Å². The molecule has 2 aromatic heterocycles. The summed E-state index contributed by atoms with van der Waals surface area (Å²) in [6, 6.07) is 16.0. The maximum Gasteiger partial charge on any atom is 0.415 e. The molecule has 0 aliphatic rings. The standard InChI is InChI=1S/C28H25FN4O11S2/c1-17-21-12-11-19(41-13-14-42-26-27(33(35)44-30-26)45(36,37)20-8-4-3-5-9-20)16-24(21)43-28(34)22(17)15-18-7-6-10-23(25(18)29)31-46(38,39)32-40-2/h3-12,16,31-32H,13-15H2,1-2H3. The molecule has 0 unspecified atom stereocenters. The van der Waals surface area contributed by atoms with Crippen LogP contribution in [-0.4, -0.2) is 42.3 Å². The summed E-state index contributed by atoms with van der Waals surface area (Å²) in [6.07, 6.45) is -0.188. The number of rotatable bonds is 13. The van der Waals surface area contributed by atoms with Crippen LogP contribution in [0, 0.1) is 17.9 Å². The van der Waals surface area contributed by atoms with Gasteiger partial charge in [-0.05, 0) is 53.3 Å². The number of sulfone groups is 1. The molecule has 0 spiro atoms. The molecule has 5 aromatic rings. The van der Waals surface area contributed by atoms with Crippen molar-refractivity contribution < 1.29 is 49.5 Å². The van der Waals surface area contributed by atoms with Crippen LogP contribution in [0.25, 0.3) is 11.0 Å². The van der Waals surface area contributed by atoms with Crippen LogP contribution in [0.15, 0.2) is 90.5 Å². The molecule has 15 nitrogen and oxygen atoms in total. The molecule has 0 saturated heterocycles. The van der Waals surface area contributed by atoms with Crippen molar-refractivity contribution >= 4 is 36.7 Å². The van der Waals surface area contributed by atoms with Gasteiger partial charge in [-0.25, -0.2) is 17.6 Å². The molecule has 0 aliphatic carbocycles. The van der Waals surface area contributed by atoms with Gasteiger partial charge in [0.2, 0.25) is 0 Å². The molecular weight excluding hydrogens is 651 g/mol. The Balaban J connectivity index is 1.28. The summed E-state index contributed by atoms with van der Waals surface area (Å²) < 4.78 is 87.7. The Hall–Kier alpha value is -5.04. The van der Waals surface area contributed by atoms with E-state index >= 15 is 4.39 Å². The van der Waals surface area contributed by atoms with Crippen molar-refractivity contribution in [1.29, 1.82) is 0 Å². The van der Waals surface area contributed by atoms with E-state index in [1.165, 1.54) is 48.5 Å². The Bertz CT molecular complexity index is 2170. The van der Waals surface area contributed by atoms with Crippen molar-refractivity contribution in [3.63, 3.8) is 0 Å². The number of aromatic nitrogens is 2. The Labute approximate surface area is 260 Å². The fourth-order valence-electron chi connectivity index (χ4n) is 4.47. The second kappa shape index (κ2) is 13.1. The van der Waals surface area contributed by atoms with Gasteiger partial charge < -0.3 is 19.1 Å². The molecule has 2 N–H and O–H groups in total. The zero-order valence-corrected chi connectivity index (χ0v) is 25.7. The predicted octanol–water partition coefficient (Wildman–Crippen LogP) is 2.55. The molecule has 0 fully saturated rings. The summed E-state index contributed by atoms with van der Waals surface area (Å²) in [5.41, 5.74) is -0.190. The molecule has 46 heavy (non-hydrogen) atoms. The topological polar surface area (TPSA) is 203 Å². The summed E-state index contributed by atoms with van der Waals surface area (Å²) >= 11 is 0. The number of hydrogen-bond donors (Lipinski definition) is 2. The Morgan fingerprint density at radius 2 is 1.74 bits per heavy atom. The molecule has 0 bridgehead atoms. The van der Waals surface area contributed by atoms with Crippen molar-refractivity contribution in [3.8, 4) is 11.6 Å². The van der Waals surface area contributed by atoms with E-state index in [4.69, 9.17) is 13.9 Å². The first-order chi connectivity index (χ1) is 21.9. The molecule has 2 heterocycles. The smallest absolute Gasteiger partial charge is 0.415 e. The summed E-state index contributed by atoms with van der Waals surface area (Å²) in [5.74, 6) is -1.14. The first-order valence-corrected chi connectivity index (χ1v) is 16.2. The minimum Gasteiger partial charge on any atom is -0.490 e. The summed E-state index contributed by atoms with van der Waals surface area (Å²) in [5, 5.41) is 15.2. The second-order valence-corrected chi connectivity index (χ2v) is 12.8. The molecule has 0 saturated carbocycles. The van der Waals surface area contributed by atoms with Gasteiger partial charge in [-0.2, -0.15) is 8.42 Å². The number of nitrogens with one attached hydrogen (secondary N) is 2. The lowest BCUT2D eigenvalue weighted by atomic mass is 9.99. The molecule has 242 valence electrons. The lowest BCUT2D eigenvalue weighted by molar-refractivity contribution is -0.832. The lowest BCUT2D eigenvalue weighted by Gasteiger charge is -2.13. The van der Waals surface area contributed by atoms with Crippen molar-refractivity contribution in [2.75, 3.05) is 25.0 Å². The van der Waals surface area contributed by atoms with Crippen LogP contribution < -0.4 is 29.6 Å². The zero-order valence-electron chi connectivity index (χ0n) is 24.1. The number of aryl methyl sites for hydroxylation is 1. The second-order valence-electron chi connectivity index (χ2n) is 9.55. The third-order valence-electron chi connectivity index (χ3n) is 6.59. The minimum absolute atomic E-state index is 0.0432. The first-order valence-electron chi connectivity index (χ1n) is 13.2. The SMILES string of the molecule is CONS(=O)(=O)Nc1cccc(Cc2c(C)c3ccc(OCCOc4no[n+]([O-])c4S(=O)(=O)c4ccccc4)cc3oc2=O)c1F. The molecule has 3 aromatic carbocycles. The van der Waals surface area contributed by atoms with Crippen LogP contribution >= 0.6 is 0 Å². The van der Waals surface area contributed by atoms with Crippen LogP contribution in [0.3, 0.4) is 0 Å². The average molecular weight is 677 g/mol. The highest BCUT2D eigenvalue weighted by atomic mass is 32.2. The zero-order chi connectivity index (χ0) is 33.1. The van der Waals surface area contributed by atoms with Crippen molar-refractivity contribution in [1.82, 2.24) is 10.0 Å². The number of ether oxygens (including phenoxy) is 2. The summed E-state index contributed by atoms with van der Waals surface area (Å²) in [6.45, 7) is 1.31. The van der Waals surface area contributed by atoms with Crippen LogP contribution in [0.1, 0.15) is 16.7 Å². The van der Waals surface area contributed by atoms with E-state index in [9.17, 15) is 26.8 Å². The van der Waals surface area contributed by atoms with Gasteiger partial charge in [-0.1, -0.05) is 35.2 Å². The molecule has 18 heteroatoms. The third kappa shape index (κ3) is 6.79.